The molecule has 0 bridgehead atoms. The molecule has 5 nitrogen and oxygen atoms in total. The van der Waals surface area contributed by atoms with Gasteiger partial charge in [-0.3, -0.25) is 4.79 Å². The van der Waals surface area contributed by atoms with Crippen molar-refractivity contribution in [3.8, 4) is 17.0 Å². The summed E-state index contributed by atoms with van der Waals surface area (Å²) < 4.78 is 1.80. The summed E-state index contributed by atoms with van der Waals surface area (Å²) in [4.78, 5) is 15.2. The minimum atomic E-state index is -0.657. The number of primary amides is 1. The zero-order chi connectivity index (χ0) is 11.7. The second kappa shape index (κ2) is 3.69. The minimum Gasteiger partial charge on any atom is -0.507 e. The van der Waals surface area contributed by atoms with E-state index in [1.807, 2.05) is 13.2 Å². The zero-order valence-corrected chi connectivity index (χ0v) is 8.71. The summed E-state index contributed by atoms with van der Waals surface area (Å²) in [5, 5.41) is 9.43. The first-order chi connectivity index (χ1) is 7.58. The van der Waals surface area contributed by atoms with E-state index in [0.717, 1.165) is 11.3 Å². The van der Waals surface area contributed by atoms with Crippen LogP contribution >= 0.6 is 0 Å². The number of rotatable bonds is 2. The maximum Gasteiger partial charge on any atom is 0.252 e. The fraction of sp³-hybridized carbons (Fsp3) is 0.0909. The molecule has 0 atom stereocenters. The summed E-state index contributed by atoms with van der Waals surface area (Å²) in [5.74, 6) is -0.775. The van der Waals surface area contributed by atoms with E-state index in [-0.39, 0.29) is 11.3 Å². The molecule has 1 aromatic carbocycles. The summed E-state index contributed by atoms with van der Waals surface area (Å²) in [5.41, 5.74) is 6.71. The van der Waals surface area contributed by atoms with Gasteiger partial charge in [0.25, 0.3) is 5.91 Å². The van der Waals surface area contributed by atoms with Gasteiger partial charge in [0.1, 0.15) is 5.75 Å². The highest BCUT2D eigenvalue weighted by Gasteiger charge is 2.10. The van der Waals surface area contributed by atoms with Gasteiger partial charge in [-0.05, 0) is 18.2 Å². The molecule has 0 saturated heterocycles. The quantitative estimate of drug-likeness (QED) is 0.783. The van der Waals surface area contributed by atoms with Gasteiger partial charge in [0.2, 0.25) is 0 Å². The predicted octanol–water partition coefficient (Wildman–Crippen LogP) is 0.892. The Labute approximate surface area is 92.2 Å². The van der Waals surface area contributed by atoms with Gasteiger partial charge < -0.3 is 15.4 Å². The fourth-order valence-electron chi connectivity index (χ4n) is 1.45. The Balaban J connectivity index is 2.51. The Hall–Kier alpha value is -2.30. The van der Waals surface area contributed by atoms with Crippen molar-refractivity contribution < 1.29 is 9.90 Å². The van der Waals surface area contributed by atoms with Crippen molar-refractivity contribution in [2.45, 2.75) is 0 Å². The standard InChI is InChI=1S/C11H11N3O2/c1-14-5-9(13-6-14)7-2-3-10(15)8(4-7)11(12)16/h2-6,15H,1H3,(H2,12,16). The molecule has 0 unspecified atom stereocenters. The smallest absolute Gasteiger partial charge is 0.252 e. The Morgan fingerprint density at radius 1 is 1.50 bits per heavy atom. The summed E-state index contributed by atoms with van der Waals surface area (Å²) in [6, 6.07) is 4.65. The Bertz CT molecular complexity index is 546. The molecule has 0 aliphatic heterocycles. The van der Waals surface area contributed by atoms with Gasteiger partial charge in [-0.15, -0.1) is 0 Å². The lowest BCUT2D eigenvalue weighted by atomic mass is 10.1. The molecule has 16 heavy (non-hydrogen) atoms. The summed E-state index contributed by atoms with van der Waals surface area (Å²) >= 11 is 0. The summed E-state index contributed by atoms with van der Waals surface area (Å²) in [6.45, 7) is 0. The van der Waals surface area contributed by atoms with E-state index in [1.165, 1.54) is 12.1 Å². The molecule has 2 aromatic rings. The van der Waals surface area contributed by atoms with Crippen molar-refractivity contribution in [2.24, 2.45) is 12.8 Å². The van der Waals surface area contributed by atoms with Crippen molar-refractivity contribution in [2.75, 3.05) is 0 Å². The van der Waals surface area contributed by atoms with E-state index in [0.29, 0.717) is 0 Å². The molecular weight excluding hydrogens is 206 g/mol. The van der Waals surface area contributed by atoms with Crippen LogP contribution in [0.3, 0.4) is 0 Å². The summed E-state index contributed by atoms with van der Waals surface area (Å²) in [7, 11) is 1.85. The van der Waals surface area contributed by atoms with Gasteiger partial charge in [-0.25, -0.2) is 4.98 Å². The Kier molecular flexibility index (Phi) is 2.36. The van der Waals surface area contributed by atoms with Crippen molar-refractivity contribution in [3.63, 3.8) is 0 Å². The third kappa shape index (κ3) is 1.75. The van der Waals surface area contributed by atoms with Crippen LogP contribution in [0, 0.1) is 0 Å². The number of benzene rings is 1. The molecule has 0 aliphatic carbocycles. The molecule has 82 valence electrons. The fourth-order valence-corrected chi connectivity index (χ4v) is 1.45. The number of phenols is 1. The van der Waals surface area contributed by atoms with Crippen LogP contribution in [0.15, 0.2) is 30.7 Å². The van der Waals surface area contributed by atoms with Gasteiger partial charge in [-0.1, -0.05) is 0 Å². The van der Waals surface area contributed by atoms with E-state index in [1.54, 1.807) is 17.0 Å². The normalized spacial score (nSPS) is 10.3. The van der Waals surface area contributed by atoms with Gasteiger partial charge in [0.15, 0.2) is 0 Å². The first-order valence-electron chi connectivity index (χ1n) is 4.69. The van der Waals surface area contributed by atoms with Crippen LogP contribution in [-0.4, -0.2) is 20.6 Å². The lowest BCUT2D eigenvalue weighted by Gasteiger charge is -2.02. The number of imidazole rings is 1. The SMILES string of the molecule is Cn1cnc(-c2ccc(O)c(C(N)=O)c2)c1. The van der Waals surface area contributed by atoms with Crippen LogP contribution in [0.25, 0.3) is 11.3 Å². The third-order valence-electron chi connectivity index (χ3n) is 2.26. The largest absolute Gasteiger partial charge is 0.507 e. The van der Waals surface area contributed by atoms with Crippen molar-refractivity contribution >= 4 is 5.91 Å². The Morgan fingerprint density at radius 2 is 2.25 bits per heavy atom. The number of nitrogens with two attached hydrogens (primary N) is 1. The molecule has 2 rings (SSSR count). The topological polar surface area (TPSA) is 81.1 Å². The molecule has 0 aliphatic rings. The van der Waals surface area contributed by atoms with Crippen LogP contribution in [0.4, 0.5) is 0 Å². The second-order valence-electron chi connectivity index (χ2n) is 3.52. The number of aromatic nitrogens is 2. The number of aromatic hydroxyl groups is 1. The van der Waals surface area contributed by atoms with Crippen LogP contribution in [0.5, 0.6) is 5.75 Å². The number of aryl methyl sites for hydroxylation is 1. The van der Waals surface area contributed by atoms with Gasteiger partial charge in [-0.2, -0.15) is 0 Å². The average Bonchev–Trinajstić information content (AvgIpc) is 2.65. The molecule has 0 saturated carbocycles. The van der Waals surface area contributed by atoms with E-state index in [4.69, 9.17) is 5.73 Å². The maximum absolute atomic E-state index is 11.0. The number of amides is 1. The molecule has 0 spiro atoms. The van der Waals surface area contributed by atoms with E-state index >= 15 is 0 Å². The average molecular weight is 217 g/mol. The van der Waals surface area contributed by atoms with Crippen LogP contribution in [-0.2, 0) is 7.05 Å². The summed E-state index contributed by atoms with van der Waals surface area (Å²) in [6.07, 6.45) is 3.48. The third-order valence-corrected chi connectivity index (χ3v) is 2.26. The van der Waals surface area contributed by atoms with E-state index in [2.05, 4.69) is 4.98 Å². The van der Waals surface area contributed by atoms with Gasteiger partial charge in [0, 0.05) is 18.8 Å². The number of hydrogen-bond donors (Lipinski definition) is 2. The first kappa shape index (κ1) is 10.2. The number of carbonyl (C=O) groups excluding carboxylic acids is 1. The Morgan fingerprint density at radius 3 is 2.81 bits per heavy atom. The highest BCUT2D eigenvalue weighted by atomic mass is 16.3. The molecule has 1 heterocycles. The first-order valence-corrected chi connectivity index (χ1v) is 4.69. The highest BCUT2D eigenvalue weighted by Crippen LogP contribution is 2.24. The monoisotopic (exact) mass is 217 g/mol. The highest BCUT2D eigenvalue weighted by molar-refractivity contribution is 5.96. The van der Waals surface area contributed by atoms with Crippen molar-refractivity contribution in [1.82, 2.24) is 9.55 Å². The van der Waals surface area contributed by atoms with Gasteiger partial charge in [0.05, 0.1) is 17.6 Å². The van der Waals surface area contributed by atoms with E-state index in [9.17, 15) is 9.90 Å². The van der Waals surface area contributed by atoms with Crippen molar-refractivity contribution in [3.05, 3.63) is 36.3 Å². The lowest BCUT2D eigenvalue weighted by Crippen LogP contribution is -2.11. The lowest BCUT2D eigenvalue weighted by molar-refractivity contribution is 0.0998. The molecule has 1 aromatic heterocycles. The molecular formula is C11H11N3O2. The number of nitrogens with zero attached hydrogens (tertiary/aromatic N) is 2. The van der Waals surface area contributed by atoms with Gasteiger partial charge >= 0.3 is 0 Å². The zero-order valence-electron chi connectivity index (χ0n) is 8.71. The van der Waals surface area contributed by atoms with E-state index < -0.39 is 5.91 Å². The number of carbonyl (C=O) groups is 1. The molecule has 0 radical (unpaired) electrons. The number of hydrogen-bond acceptors (Lipinski definition) is 3. The van der Waals surface area contributed by atoms with Crippen molar-refractivity contribution in [1.29, 1.82) is 0 Å². The predicted molar refractivity (Wildman–Crippen MR) is 58.8 cm³/mol. The molecule has 0 fully saturated rings. The van der Waals surface area contributed by atoms with Crippen LogP contribution in [0.2, 0.25) is 0 Å². The maximum atomic E-state index is 11.0. The van der Waals surface area contributed by atoms with Crippen LogP contribution < -0.4 is 5.73 Å². The molecule has 5 heteroatoms. The second-order valence-corrected chi connectivity index (χ2v) is 3.52. The molecule has 3 N–H and O–H groups in total. The molecule has 1 amide bonds. The minimum absolute atomic E-state index is 0.100. The van der Waals surface area contributed by atoms with Crippen LogP contribution in [0.1, 0.15) is 10.4 Å².